The molecule has 0 unspecified atom stereocenters. The van der Waals surface area contributed by atoms with Crippen molar-refractivity contribution in [2.45, 2.75) is 27.3 Å². The van der Waals surface area contributed by atoms with Gasteiger partial charge >= 0.3 is 0 Å². The number of ether oxygens (including phenoxy) is 2. The van der Waals surface area contributed by atoms with Crippen LogP contribution in [-0.2, 0) is 6.54 Å². The van der Waals surface area contributed by atoms with Crippen molar-refractivity contribution in [2.24, 2.45) is 5.92 Å². The molecule has 0 saturated heterocycles. The van der Waals surface area contributed by atoms with Crippen LogP contribution in [0.2, 0.25) is 10.0 Å². The summed E-state index contributed by atoms with van der Waals surface area (Å²) in [5.41, 5.74) is 3.13. The summed E-state index contributed by atoms with van der Waals surface area (Å²) in [4.78, 5) is 15.2. The van der Waals surface area contributed by atoms with E-state index in [1.165, 1.54) is 0 Å². The van der Waals surface area contributed by atoms with E-state index in [9.17, 15) is 4.79 Å². The molecule has 146 valence electrons. The standard InChI is InChI=1S/C22H21Cl2NO3/c1-12(2)9-25-10-15-6-17-20(26)19(7-14-4-5-16(23)8-18(14)24)28-22(17)13(3)21(15)27-11-25/h4-8,12H,9-11H2,1-3H3/b19-7-. The lowest BCUT2D eigenvalue weighted by atomic mass is 9.99. The van der Waals surface area contributed by atoms with Gasteiger partial charge in [-0.2, -0.15) is 0 Å². The zero-order valence-electron chi connectivity index (χ0n) is 16.0. The summed E-state index contributed by atoms with van der Waals surface area (Å²) in [7, 11) is 0. The molecule has 2 aliphatic heterocycles. The number of carbonyl (C=O) groups is 1. The molecule has 0 bridgehead atoms. The first-order valence-electron chi connectivity index (χ1n) is 9.24. The molecule has 0 N–H and O–H groups in total. The van der Waals surface area contributed by atoms with Crippen molar-refractivity contribution in [1.82, 2.24) is 4.90 Å². The Morgan fingerprint density at radius 1 is 1.21 bits per heavy atom. The molecule has 2 aromatic carbocycles. The number of nitrogens with zero attached hydrogens (tertiary/aromatic N) is 1. The highest BCUT2D eigenvalue weighted by Gasteiger charge is 2.33. The van der Waals surface area contributed by atoms with E-state index in [1.54, 1.807) is 24.3 Å². The molecule has 0 atom stereocenters. The van der Waals surface area contributed by atoms with E-state index in [0.717, 1.165) is 30.0 Å². The second-order valence-corrected chi connectivity index (χ2v) is 8.49. The second-order valence-electron chi connectivity index (χ2n) is 7.65. The summed E-state index contributed by atoms with van der Waals surface area (Å²) in [6.45, 7) is 8.54. The SMILES string of the molecule is Cc1c2c(cc3c1O/C(=C\c1ccc(Cl)cc1Cl)C3=O)CN(CC(C)C)CO2. The number of fused-ring (bicyclic) bond motifs is 2. The molecule has 0 radical (unpaired) electrons. The Kier molecular flexibility index (Phi) is 5.13. The molecular weight excluding hydrogens is 397 g/mol. The summed E-state index contributed by atoms with van der Waals surface area (Å²) < 4.78 is 11.9. The van der Waals surface area contributed by atoms with Crippen molar-refractivity contribution in [2.75, 3.05) is 13.3 Å². The first kappa shape index (κ1) is 19.3. The van der Waals surface area contributed by atoms with Crippen LogP contribution < -0.4 is 9.47 Å². The van der Waals surface area contributed by atoms with E-state index in [0.29, 0.717) is 39.6 Å². The predicted octanol–water partition coefficient (Wildman–Crippen LogP) is 5.73. The van der Waals surface area contributed by atoms with Gasteiger partial charge in [-0.3, -0.25) is 9.69 Å². The number of allylic oxidation sites excluding steroid dienone is 1. The first-order chi connectivity index (χ1) is 13.3. The molecule has 4 rings (SSSR count). The highest BCUT2D eigenvalue weighted by Crippen LogP contribution is 2.43. The lowest BCUT2D eigenvalue weighted by Gasteiger charge is -2.31. The molecule has 0 aromatic heterocycles. The fraction of sp³-hybridized carbons (Fsp3) is 0.318. The molecule has 0 amide bonds. The number of benzene rings is 2. The molecular formula is C22H21Cl2NO3. The number of hydrogen-bond acceptors (Lipinski definition) is 4. The van der Waals surface area contributed by atoms with Crippen molar-refractivity contribution in [3.05, 3.63) is 62.3 Å². The molecule has 4 nitrogen and oxygen atoms in total. The third-order valence-corrected chi connectivity index (χ3v) is 5.44. The number of ketones is 1. The van der Waals surface area contributed by atoms with Gasteiger partial charge in [0, 0.05) is 34.3 Å². The van der Waals surface area contributed by atoms with E-state index in [1.807, 2.05) is 13.0 Å². The maximum Gasteiger partial charge on any atom is 0.231 e. The van der Waals surface area contributed by atoms with Crippen molar-refractivity contribution in [3.8, 4) is 11.5 Å². The van der Waals surface area contributed by atoms with Crippen LogP contribution >= 0.6 is 23.2 Å². The Morgan fingerprint density at radius 2 is 2.00 bits per heavy atom. The summed E-state index contributed by atoms with van der Waals surface area (Å²) >= 11 is 12.2. The number of rotatable bonds is 3. The Hall–Kier alpha value is -2.01. The average Bonchev–Trinajstić information content (AvgIpc) is 2.93. The second kappa shape index (κ2) is 7.43. The lowest BCUT2D eigenvalue weighted by molar-refractivity contribution is 0.0835. The van der Waals surface area contributed by atoms with Gasteiger partial charge in [0.15, 0.2) is 5.76 Å². The highest BCUT2D eigenvalue weighted by molar-refractivity contribution is 6.35. The van der Waals surface area contributed by atoms with E-state index in [-0.39, 0.29) is 11.5 Å². The normalized spacial score (nSPS) is 17.5. The topological polar surface area (TPSA) is 38.8 Å². The molecule has 0 spiro atoms. The molecule has 0 aliphatic carbocycles. The predicted molar refractivity (Wildman–Crippen MR) is 111 cm³/mol. The van der Waals surface area contributed by atoms with Crippen molar-refractivity contribution >= 4 is 35.1 Å². The summed E-state index contributed by atoms with van der Waals surface area (Å²) in [6, 6.07) is 7.04. The zero-order chi connectivity index (χ0) is 20.0. The number of carbonyl (C=O) groups excluding carboxylic acids is 1. The smallest absolute Gasteiger partial charge is 0.231 e. The third-order valence-electron chi connectivity index (χ3n) is 4.87. The van der Waals surface area contributed by atoms with Gasteiger partial charge in [0.2, 0.25) is 5.78 Å². The molecule has 6 heteroatoms. The van der Waals surface area contributed by atoms with E-state index in [4.69, 9.17) is 32.7 Å². The lowest BCUT2D eigenvalue weighted by Crippen LogP contribution is -2.35. The maximum absolute atomic E-state index is 13.0. The highest BCUT2D eigenvalue weighted by atomic mass is 35.5. The largest absolute Gasteiger partial charge is 0.477 e. The molecule has 0 saturated carbocycles. The van der Waals surface area contributed by atoms with E-state index >= 15 is 0 Å². The van der Waals surface area contributed by atoms with Crippen LogP contribution in [0.15, 0.2) is 30.0 Å². The minimum absolute atomic E-state index is 0.145. The van der Waals surface area contributed by atoms with Gasteiger partial charge in [-0.25, -0.2) is 0 Å². The van der Waals surface area contributed by atoms with Crippen molar-refractivity contribution < 1.29 is 14.3 Å². The molecule has 2 aromatic rings. The quantitative estimate of drug-likeness (QED) is 0.597. The third kappa shape index (κ3) is 3.52. The van der Waals surface area contributed by atoms with Crippen LogP contribution in [0.1, 0.15) is 40.9 Å². The van der Waals surface area contributed by atoms with Crippen LogP contribution in [0.25, 0.3) is 6.08 Å². The number of Topliss-reactive ketones (excluding diaryl/α,β-unsaturated/α-hetero) is 1. The molecule has 2 aliphatic rings. The van der Waals surface area contributed by atoms with Crippen LogP contribution in [-0.4, -0.2) is 24.0 Å². The van der Waals surface area contributed by atoms with Gasteiger partial charge in [-0.05, 0) is 42.7 Å². The molecule has 2 heterocycles. The van der Waals surface area contributed by atoms with Crippen molar-refractivity contribution in [1.29, 1.82) is 0 Å². The average molecular weight is 418 g/mol. The Bertz CT molecular complexity index is 998. The van der Waals surface area contributed by atoms with Gasteiger partial charge in [0.1, 0.15) is 18.2 Å². The van der Waals surface area contributed by atoms with Gasteiger partial charge in [0.05, 0.1) is 5.56 Å². The van der Waals surface area contributed by atoms with Crippen LogP contribution in [0.4, 0.5) is 0 Å². The van der Waals surface area contributed by atoms with Gasteiger partial charge in [-0.1, -0.05) is 43.1 Å². The Balaban J connectivity index is 1.68. The van der Waals surface area contributed by atoms with Gasteiger partial charge < -0.3 is 9.47 Å². The summed E-state index contributed by atoms with van der Waals surface area (Å²) in [5.74, 6) is 2.04. The summed E-state index contributed by atoms with van der Waals surface area (Å²) in [6.07, 6.45) is 1.66. The fourth-order valence-electron chi connectivity index (χ4n) is 3.69. The summed E-state index contributed by atoms with van der Waals surface area (Å²) in [5, 5.41) is 1.01. The minimum atomic E-state index is -0.145. The Labute approximate surface area is 174 Å². The zero-order valence-corrected chi connectivity index (χ0v) is 17.5. The number of hydrogen-bond donors (Lipinski definition) is 0. The maximum atomic E-state index is 13.0. The molecule has 0 fully saturated rings. The first-order valence-corrected chi connectivity index (χ1v) is 10.00. The fourth-order valence-corrected chi connectivity index (χ4v) is 4.15. The van der Waals surface area contributed by atoms with Gasteiger partial charge in [-0.15, -0.1) is 0 Å². The minimum Gasteiger partial charge on any atom is -0.477 e. The van der Waals surface area contributed by atoms with Crippen LogP contribution in [0.3, 0.4) is 0 Å². The Morgan fingerprint density at radius 3 is 2.71 bits per heavy atom. The van der Waals surface area contributed by atoms with Crippen molar-refractivity contribution in [3.63, 3.8) is 0 Å². The monoisotopic (exact) mass is 417 g/mol. The molecule has 28 heavy (non-hydrogen) atoms. The van der Waals surface area contributed by atoms with E-state index < -0.39 is 0 Å². The van der Waals surface area contributed by atoms with Crippen LogP contribution in [0.5, 0.6) is 11.5 Å². The van der Waals surface area contributed by atoms with Gasteiger partial charge in [0.25, 0.3) is 0 Å². The van der Waals surface area contributed by atoms with Crippen LogP contribution in [0, 0.1) is 12.8 Å². The number of halogens is 2. The van der Waals surface area contributed by atoms with E-state index in [2.05, 4.69) is 18.7 Å².